The molecular weight excluding hydrogens is 400 g/mol. The molecule has 1 aliphatic rings. The van der Waals surface area contributed by atoms with Crippen LogP contribution in [0, 0.1) is 0 Å². The van der Waals surface area contributed by atoms with Gasteiger partial charge in [0, 0.05) is 19.1 Å². The Hall–Kier alpha value is -1.90. The lowest BCUT2D eigenvalue weighted by Crippen LogP contribution is -2.43. The molecule has 0 amide bonds. The molecule has 9 heteroatoms. The highest BCUT2D eigenvalue weighted by Gasteiger charge is 2.27. The monoisotopic (exact) mass is 424 g/mol. The van der Waals surface area contributed by atoms with E-state index in [9.17, 15) is 13.2 Å². The van der Waals surface area contributed by atoms with Gasteiger partial charge in [0.05, 0.1) is 24.2 Å². The molecule has 1 aromatic heterocycles. The molecule has 0 atom stereocenters. The molecule has 7 nitrogen and oxygen atoms in total. The van der Waals surface area contributed by atoms with Gasteiger partial charge in [0.15, 0.2) is 0 Å². The fourth-order valence-corrected chi connectivity index (χ4v) is 5.06. The minimum Gasteiger partial charge on any atom is -0.380 e. The summed E-state index contributed by atoms with van der Waals surface area (Å²) < 4.78 is 27.2. The molecule has 0 spiro atoms. The second kappa shape index (κ2) is 9.07. The number of benzene rings is 1. The Morgan fingerprint density at radius 3 is 2.54 bits per heavy atom. The Morgan fingerprint density at radius 1 is 1.21 bits per heavy atom. The first-order valence-corrected chi connectivity index (χ1v) is 11.4. The smallest absolute Gasteiger partial charge is 0.287 e. The number of anilines is 1. The third-order valence-corrected chi connectivity index (χ3v) is 7.27. The van der Waals surface area contributed by atoms with Crippen LogP contribution in [0.5, 0.6) is 0 Å². The van der Waals surface area contributed by atoms with Crippen molar-refractivity contribution in [3.63, 3.8) is 0 Å². The van der Waals surface area contributed by atoms with Crippen LogP contribution in [-0.4, -0.2) is 47.4 Å². The average Bonchev–Trinajstić information content (AvgIpc) is 2.69. The van der Waals surface area contributed by atoms with Crippen molar-refractivity contribution in [2.45, 2.75) is 38.8 Å². The maximum absolute atomic E-state index is 12.5. The lowest BCUT2D eigenvalue weighted by Gasteiger charge is -2.32. The van der Waals surface area contributed by atoms with Crippen molar-refractivity contribution in [2.24, 2.45) is 0 Å². The lowest BCUT2D eigenvalue weighted by atomic mass is 10.1. The van der Waals surface area contributed by atoms with Crippen LogP contribution in [-0.2, 0) is 16.6 Å². The zero-order chi connectivity index (χ0) is 20.1. The zero-order valence-corrected chi connectivity index (χ0v) is 17.4. The van der Waals surface area contributed by atoms with Crippen LogP contribution >= 0.6 is 11.6 Å². The third kappa shape index (κ3) is 4.92. The first-order chi connectivity index (χ1) is 13.4. The maximum Gasteiger partial charge on any atom is 0.287 e. The Bertz CT molecular complexity index is 955. The summed E-state index contributed by atoms with van der Waals surface area (Å²) in [5.41, 5.74) is 1.11. The van der Waals surface area contributed by atoms with E-state index in [1.807, 2.05) is 37.3 Å². The second-order valence-corrected chi connectivity index (χ2v) is 9.42. The third-order valence-electron chi connectivity index (χ3n) is 4.83. The highest BCUT2D eigenvalue weighted by molar-refractivity contribution is 7.89. The fourth-order valence-electron chi connectivity index (χ4n) is 3.32. The predicted molar refractivity (Wildman–Crippen MR) is 111 cm³/mol. The molecule has 1 N–H and O–H groups in total. The van der Waals surface area contributed by atoms with Gasteiger partial charge in [-0.05, 0) is 24.8 Å². The summed E-state index contributed by atoms with van der Waals surface area (Å²) in [5.74, 6) is 0.181. The van der Waals surface area contributed by atoms with Crippen LogP contribution < -0.4 is 10.9 Å². The Balaban J connectivity index is 1.64. The number of hydrogen-bond donors (Lipinski definition) is 1. The largest absolute Gasteiger partial charge is 0.380 e. The Labute approximate surface area is 170 Å². The van der Waals surface area contributed by atoms with E-state index in [4.69, 9.17) is 11.6 Å². The van der Waals surface area contributed by atoms with Gasteiger partial charge in [-0.2, -0.15) is 5.10 Å². The van der Waals surface area contributed by atoms with E-state index in [0.29, 0.717) is 44.6 Å². The summed E-state index contributed by atoms with van der Waals surface area (Å²) >= 11 is 6.28. The van der Waals surface area contributed by atoms with Gasteiger partial charge in [-0.15, -0.1) is 0 Å². The summed E-state index contributed by atoms with van der Waals surface area (Å²) in [6.45, 7) is 3.15. The van der Waals surface area contributed by atoms with Crippen LogP contribution in [0.3, 0.4) is 0 Å². The number of hydrogen-bond acceptors (Lipinski definition) is 5. The quantitative estimate of drug-likeness (QED) is 0.738. The summed E-state index contributed by atoms with van der Waals surface area (Å²) in [5, 5.41) is 7.59. The summed E-state index contributed by atoms with van der Waals surface area (Å²) in [6, 6.07) is 9.63. The van der Waals surface area contributed by atoms with Gasteiger partial charge in [0.2, 0.25) is 10.0 Å². The molecule has 2 heterocycles. The standard InChI is InChI=1S/C19H25ClN4O3S/c1-2-12-28(26,27)23-10-8-16(9-11-23)22-17-13-21-24(19(25)18(17)20)14-15-6-4-3-5-7-15/h3-7,13,16,22H,2,8-12,14H2,1H3. The van der Waals surface area contributed by atoms with Crippen molar-refractivity contribution in [2.75, 3.05) is 24.2 Å². The Kier molecular flexibility index (Phi) is 6.74. The number of sulfonamides is 1. The first-order valence-electron chi connectivity index (χ1n) is 9.44. The fraction of sp³-hybridized carbons (Fsp3) is 0.474. The van der Waals surface area contributed by atoms with Crippen LogP contribution in [0.1, 0.15) is 31.7 Å². The van der Waals surface area contributed by atoms with E-state index < -0.39 is 10.0 Å². The lowest BCUT2D eigenvalue weighted by molar-refractivity contribution is 0.329. The SMILES string of the molecule is CCCS(=O)(=O)N1CCC(Nc2cnn(Cc3ccccc3)c(=O)c2Cl)CC1. The molecule has 1 fully saturated rings. The highest BCUT2D eigenvalue weighted by Crippen LogP contribution is 2.22. The van der Waals surface area contributed by atoms with Gasteiger partial charge in [-0.1, -0.05) is 48.9 Å². The van der Waals surface area contributed by atoms with Crippen molar-refractivity contribution in [3.8, 4) is 0 Å². The van der Waals surface area contributed by atoms with E-state index >= 15 is 0 Å². The number of rotatable bonds is 7. The van der Waals surface area contributed by atoms with Crippen molar-refractivity contribution in [3.05, 3.63) is 57.5 Å². The van der Waals surface area contributed by atoms with Gasteiger partial charge in [0.25, 0.3) is 5.56 Å². The topological polar surface area (TPSA) is 84.3 Å². The maximum atomic E-state index is 12.5. The molecule has 1 saturated heterocycles. The van der Waals surface area contributed by atoms with Gasteiger partial charge >= 0.3 is 0 Å². The van der Waals surface area contributed by atoms with Crippen LogP contribution in [0.2, 0.25) is 5.02 Å². The number of piperidine rings is 1. The molecule has 0 saturated carbocycles. The van der Waals surface area contributed by atoms with E-state index in [0.717, 1.165) is 5.56 Å². The molecule has 28 heavy (non-hydrogen) atoms. The van der Waals surface area contributed by atoms with Gasteiger partial charge < -0.3 is 5.32 Å². The normalized spacial score (nSPS) is 16.2. The van der Waals surface area contributed by atoms with Crippen LogP contribution in [0.4, 0.5) is 5.69 Å². The molecule has 2 aromatic rings. The number of aromatic nitrogens is 2. The average molecular weight is 425 g/mol. The van der Waals surface area contributed by atoms with Crippen molar-refractivity contribution >= 4 is 27.3 Å². The minimum atomic E-state index is -3.17. The van der Waals surface area contributed by atoms with E-state index in [1.165, 1.54) is 4.68 Å². The van der Waals surface area contributed by atoms with Crippen molar-refractivity contribution in [1.29, 1.82) is 0 Å². The highest BCUT2D eigenvalue weighted by atomic mass is 35.5. The molecular formula is C19H25ClN4O3S. The van der Waals surface area contributed by atoms with Crippen LogP contribution in [0.25, 0.3) is 0 Å². The molecule has 1 aliphatic heterocycles. The predicted octanol–water partition coefficient (Wildman–Crippen LogP) is 2.56. The second-order valence-electron chi connectivity index (χ2n) is 6.95. The molecule has 152 valence electrons. The molecule has 3 rings (SSSR count). The Morgan fingerprint density at radius 2 is 1.89 bits per heavy atom. The van der Waals surface area contributed by atoms with Crippen LogP contribution in [0.15, 0.2) is 41.3 Å². The van der Waals surface area contributed by atoms with Gasteiger partial charge in [0.1, 0.15) is 5.02 Å². The summed E-state index contributed by atoms with van der Waals surface area (Å²) in [4.78, 5) is 12.5. The van der Waals surface area contributed by atoms with E-state index in [2.05, 4.69) is 10.4 Å². The molecule has 1 aromatic carbocycles. The van der Waals surface area contributed by atoms with Gasteiger partial charge in [-0.25, -0.2) is 17.4 Å². The molecule has 0 bridgehead atoms. The summed E-state index contributed by atoms with van der Waals surface area (Å²) in [6.07, 6.45) is 3.49. The van der Waals surface area contributed by atoms with E-state index in [-0.39, 0.29) is 22.4 Å². The molecule has 0 radical (unpaired) electrons. The molecule has 0 aliphatic carbocycles. The number of nitrogens with one attached hydrogen (secondary N) is 1. The van der Waals surface area contributed by atoms with Gasteiger partial charge in [-0.3, -0.25) is 4.79 Å². The number of nitrogens with zero attached hydrogens (tertiary/aromatic N) is 3. The summed E-state index contributed by atoms with van der Waals surface area (Å²) in [7, 11) is -3.17. The van der Waals surface area contributed by atoms with E-state index in [1.54, 1.807) is 10.5 Å². The van der Waals surface area contributed by atoms with Crippen molar-refractivity contribution < 1.29 is 8.42 Å². The minimum absolute atomic E-state index is 0.0525. The van der Waals surface area contributed by atoms with Crippen molar-refractivity contribution in [1.82, 2.24) is 14.1 Å². The number of halogens is 1. The molecule has 0 unspecified atom stereocenters. The first kappa shape index (κ1) is 20.8. The zero-order valence-electron chi connectivity index (χ0n) is 15.8.